The standard InChI is InChI=1S/C15H24N4O/c16-13-9-17-18(10-13)11-15(20)19-8-4-7-14(19)12-5-2-1-3-6-12/h9-10,12,14H,1-8,11,16H2. The third kappa shape index (κ3) is 2.81. The first-order valence-electron chi connectivity index (χ1n) is 7.81. The molecule has 3 rings (SSSR count). The maximum Gasteiger partial charge on any atom is 0.244 e. The highest BCUT2D eigenvalue weighted by atomic mass is 16.2. The first kappa shape index (κ1) is 13.5. The van der Waals surface area contributed by atoms with Crippen molar-refractivity contribution < 1.29 is 4.79 Å². The second-order valence-corrected chi connectivity index (χ2v) is 6.17. The van der Waals surface area contributed by atoms with E-state index in [1.54, 1.807) is 17.1 Å². The van der Waals surface area contributed by atoms with Crippen LogP contribution < -0.4 is 5.73 Å². The van der Waals surface area contributed by atoms with Crippen LogP contribution >= 0.6 is 0 Å². The fraction of sp³-hybridized carbons (Fsp3) is 0.733. The molecule has 1 aromatic heterocycles. The molecule has 2 heterocycles. The average molecular weight is 276 g/mol. The van der Waals surface area contributed by atoms with Crippen molar-refractivity contribution in [3.05, 3.63) is 12.4 Å². The molecule has 0 aromatic carbocycles. The molecule has 1 atom stereocenters. The zero-order chi connectivity index (χ0) is 13.9. The molecule has 110 valence electrons. The fourth-order valence-electron chi connectivity index (χ4n) is 3.81. The van der Waals surface area contributed by atoms with Gasteiger partial charge in [-0.05, 0) is 31.6 Å². The number of nitrogen functional groups attached to an aromatic ring is 1. The van der Waals surface area contributed by atoms with E-state index in [-0.39, 0.29) is 5.91 Å². The van der Waals surface area contributed by atoms with Crippen LogP contribution in [0.25, 0.3) is 0 Å². The molecule has 0 spiro atoms. The van der Waals surface area contributed by atoms with Crippen molar-refractivity contribution in [1.82, 2.24) is 14.7 Å². The zero-order valence-electron chi connectivity index (χ0n) is 12.0. The van der Waals surface area contributed by atoms with E-state index < -0.39 is 0 Å². The summed E-state index contributed by atoms with van der Waals surface area (Å²) in [6.45, 7) is 1.23. The van der Waals surface area contributed by atoms with E-state index in [0.717, 1.165) is 18.9 Å². The minimum atomic E-state index is 0.196. The number of carbonyl (C=O) groups is 1. The van der Waals surface area contributed by atoms with Crippen molar-refractivity contribution in [2.75, 3.05) is 12.3 Å². The van der Waals surface area contributed by atoms with Crippen LogP contribution in [0, 0.1) is 5.92 Å². The number of nitrogens with two attached hydrogens (primary N) is 1. The second kappa shape index (κ2) is 5.85. The molecule has 1 unspecified atom stereocenters. The lowest BCUT2D eigenvalue weighted by molar-refractivity contribution is -0.134. The molecular weight excluding hydrogens is 252 g/mol. The summed E-state index contributed by atoms with van der Waals surface area (Å²) in [6.07, 6.45) is 12.3. The lowest BCUT2D eigenvalue weighted by atomic mass is 9.83. The SMILES string of the molecule is Nc1cnn(CC(=O)N2CCCC2C2CCCCC2)c1. The molecule has 1 aliphatic heterocycles. The van der Waals surface area contributed by atoms with Crippen molar-refractivity contribution in [1.29, 1.82) is 0 Å². The number of hydrogen-bond donors (Lipinski definition) is 1. The molecule has 1 aliphatic carbocycles. The first-order chi connectivity index (χ1) is 9.74. The van der Waals surface area contributed by atoms with Gasteiger partial charge in [0, 0.05) is 18.8 Å². The zero-order valence-corrected chi connectivity index (χ0v) is 12.0. The molecule has 1 aromatic rings. The van der Waals surface area contributed by atoms with Crippen LogP contribution in [0.1, 0.15) is 44.9 Å². The number of nitrogens with zero attached hydrogens (tertiary/aromatic N) is 3. The van der Waals surface area contributed by atoms with Crippen molar-refractivity contribution in [3.8, 4) is 0 Å². The Labute approximate surface area is 120 Å². The number of hydrogen-bond acceptors (Lipinski definition) is 3. The largest absolute Gasteiger partial charge is 0.396 e. The van der Waals surface area contributed by atoms with Crippen LogP contribution in [0.2, 0.25) is 0 Å². The van der Waals surface area contributed by atoms with Crippen LogP contribution in [0.15, 0.2) is 12.4 Å². The maximum atomic E-state index is 12.5. The number of rotatable bonds is 3. The number of aromatic nitrogens is 2. The normalized spacial score (nSPS) is 24.2. The Hall–Kier alpha value is -1.52. The van der Waals surface area contributed by atoms with Gasteiger partial charge in [0.05, 0.1) is 11.9 Å². The molecule has 20 heavy (non-hydrogen) atoms. The lowest BCUT2D eigenvalue weighted by Gasteiger charge is -2.34. The topological polar surface area (TPSA) is 64.1 Å². The van der Waals surface area contributed by atoms with Gasteiger partial charge in [-0.15, -0.1) is 0 Å². The monoisotopic (exact) mass is 276 g/mol. The van der Waals surface area contributed by atoms with Gasteiger partial charge < -0.3 is 10.6 Å². The fourth-order valence-corrected chi connectivity index (χ4v) is 3.81. The minimum absolute atomic E-state index is 0.196. The molecule has 2 fully saturated rings. The van der Waals surface area contributed by atoms with Crippen molar-refractivity contribution in [2.24, 2.45) is 5.92 Å². The van der Waals surface area contributed by atoms with Crippen LogP contribution in [-0.4, -0.2) is 33.2 Å². The van der Waals surface area contributed by atoms with Crippen LogP contribution in [0.3, 0.4) is 0 Å². The Balaban J connectivity index is 1.63. The Bertz CT molecular complexity index is 464. The summed E-state index contributed by atoms with van der Waals surface area (Å²) in [6, 6.07) is 0.468. The highest BCUT2D eigenvalue weighted by Gasteiger charge is 2.34. The number of anilines is 1. The summed E-state index contributed by atoms with van der Waals surface area (Å²) in [4.78, 5) is 14.6. The second-order valence-electron chi connectivity index (χ2n) is 6.17. The van der Waals surface area contributed by atoms with E-state index in [1.165, 1.54) is 38.5 Å². The van der Waals surface area contributed by atoms with Gasteiger partial charge in [0.15, 0.2) is 0 Å². The molecule has 5 nitrogen and oxygen atoms in total. The highest BCUT2D eigenvalue weighted by Crippen LogP contribution is 2.34. The van der Waals surface area contributed by atoms with Gasteiger partial charge in [0.25, 0.3) is 0 Å². The molecule has 1 saturated carbocycles. The minimum Gasteiger partial charge on any atom is -0.396 e. The quantitative estimate of drug-likeness (QED) is 0.918. The Kier molecular flexibility index (Phi) is 3.94. The molecule has 1 saturated heterocycles. The van der Waals surface area contributed by atoms with Crippen LogP contribution in [-0.2, 0) is 11.3 Å². The highest BCUT2D eigenvalue weighted by molar-refractivity contribution is 5.76. The van der Waals surface area contributed by atoms with E-state index in [2.05, 4.69) is 10.00 Å². The third-order valence-corrected chi connectivity index (χ3v) is 4.76. The maximum absolute atomic E-state index is 12.5. The number of amides is 1. The van der Waals surface area contributed by atoms with Gasteiger partial charge in [-0.1, -0.05) is 19.3 Å². The summed E-state index contributed by atoms with van der Waals surface area (Å²) < 4.78 is 1.65. The van der Waals surface area contributed by atoms with E-state index >= 15 is 0 Å². The average Bonchev–Trinajstić information content (AvgIpc) is 3.09. The van der Waals surface area contributed by atoms with Gasteiger partial charge in [0.2, 0.25) is 5.91 Å². The van der Waals surface area contributed by atoms with E-state index in [4.69, 9.17) is 5.73 Å². The van der Waals surface area contributed by atoms with Gasteiger partial charge in [-0.2, -0.15) is 5.10 Å². The molecule has 2 aliphatic rings. The molecule has 2 N–H and O–H groups in total. The number of likely N-dealkylation sites (tertiary alicyclic amines) is 1. The Morgan fingerprint density at radius 2 is 2.05 bits per heavy atom. The van der Waals surface area contributed by atoms with Gasteiger partial charge in [0.1, 0.15) is 6.54 Å². The first-order valence-corrected chi connectivity index (χ1v) is 7.81. The van der Waals surface area contributed by atoms with Crippen molar-refractivity contribution >= 4 is 11.6 Å². The molecular formula is C15H24N4O. The van der Waals surface area contributed by atoms with E-state index in [1.807, 2.05) is 0 Å². The summed E-state index contributed by atoms with van der Waals surface area (Å²) in [7, 11) is 0. The Morgan fingerprint density at radius 1 is 1.25 bits per heavy atom. The van der Waals surface area contributed by atoms with Gasteiger partial charge in [-0.25, -0.2) is 0 Å². The van der Waals surface area contributed by atoms with Gasteiger partial charge in [-0.3, -0.25) is 9.48 Å². The van der Waals surface area contributed by atoms with Crippen LogP contribution in [0.5, 0.6) is 0 Å². The van der Waals surface area contributed by atoms with E-state index in [0.29, 0.717) is 18.3 Å². The summed E-state index contributed by atoms with van der Waals surface area (Å²) in [5.74, 6) is 0.916. The predicted molar refractivity (Wildman–Crippen MR) is 77.9 cm³/mol. The van der Waals surface area contributed by atoms with Crippen LogP contribution in [0.4, 0.5) is 5.69 Å². The van der Waals surface area contributed by atoms with E-state index in [9.17, 15) is 4.79 Å². The molecule has 5 heteroatoms. The molecule has 0 bridgehead atoms. The summed E-state index contributed by atoms with van der Waals surface area (Å²) in [5.41, 5.74) is 6.26. The van der Waals surface area contributed by atoms with Crippen molar-refractivity contribution in [3.63, 3.8) is 0 Å². The molecule has 1 amide bonds. The summed E-state index contributed by atoms with van der Waals surface area (Å²) in [5, 5.41) is 4.11. The lowest BCUT2D eigenvalue weighted by Crippen LogP contribution is -2.42. The number of carbonyl (C=O) groups excluding carboxylic acids is 1. The smallest absolute Gasteiger partial charge is 0.244 e. The Morgan fingerprint density at radius 3 is 2.75 bits per heavy atom. The predicted octanol–water partition coefficient (Wildman–Crippen LogP) is 2.04. The van der Waals surface area contributed by atoms with Crippen molar-refractivity contribution in [2.45, 2.75) is 57.5 Å². The third-order valence-electron chi connectivity index (χ3n) is 4.76. The summed E-state index contributed by atoms with van der Waals surface area (Å²) >= 11 is 0. The van der Waals surface area contributed by atoms with Gasteiger partial charge >= 0.3 is 0 Å². The molecule has 0 radical (unpaired) electrons.